The maximum absolute atomic E-state index is 13.7. The molecule has 2 fully saturated rings. The molecule has 3 atom stereocenters. The highest BCUT2D eigenvalue weighted by molar-refractivity contribution is 6.23. The minimum absolute atomic E-state index is 0.148. The zero-order valence-corrected chi connectivity index (χ0v) is 19.0. The van der Waals surface area contributed by atoms with E-state index in [4.69, 9.17) is 14.3 Å². The van der Waals surface area contributed by atoms with E-state index < -0.39 is 24.0 Å². The Morgan fingerprint density at radius 1 is 0.853 bits per heavy atom. The lowest BCUT2D eigenvalue weighted by atomic mass is 9.90. The monoisotopic (exact) mass is 460 g/mol. The number of carbonyl (C=O) groups excluding carboxylic acids is 2. The molecule has 0 aliphatic carbocycles. The fraction of sp³-hybridized carbons (Fsp3) is 0.231. The number of hydrogen-bond donors (Lipinski definition) is 1. The van der Waals surface area contributed by atoms with Gasteiger partial charge in [0, 0.05) is 0 Å². The van der Waals surface area contributed by atoms with E-state index in [9.17, 15) is 14.7 Å². The number of nitrogens with zero attached hydrogens (tertiary/aromatic N) is 2. The van der Waals surface area contributed by atoms with Gasteiger partial charge in [-0.1, -0.05) is 35.9 Å². The van der Waals surface area contributed by atoms with Crippen molar-refractivity contribution in [2.24, 2.45) is 5.92 Å². The third-order valence-electron chi connectivity index (χ3n) is 6.26. The van der Waals surface area contributed by atoms with Gasteiger partial charge in [-0.2, -0.15) is 0 Å². The second-order valence-electron chi connectivity index (χ2n) is 8.28. The summed E-state index contributed by atoms with van der Waals surface area (Å²) in [5.41, 5.74) is 2.82. The molecule has 0 unspecified atom stereocenters. The number of phenols is 1. The van der Waals surface area contributed by atoms with Crippen LogP contribution in [0.25, 0.3) is 0 Å². The molecule has 1 N–H and O–H groups in total. The van der Waals surface area contributed by atoms with Crippen molar-refractivity contribution in [3.05, 3.63) is 77.9 Å². The van der Waals surface area contributed by atoms with E-state index in [0.29, 0.717) is 16.9 Å². The molecule has 0 radical (unpaired) electrons. The molecular formula is C26H24N2O6. The number of benzene rings is 3. The smallest absolute Gasteiger partial charge is 0.266 e. The van der Waals surface area contributed by atoms with Crippen LogP contribution in [0.4, 0.5) is 11.4 Å². The van der Waals surface area contributed by atoms with E-state index in [2.05, 4.69) is 0 Å². The van der Waals surface area contributed by atoms with E-state index in [1.807, 2.05) is 49.4 Å². The largest absolute Gasteiger partial charge is 0.502 e. The zero-order valence-electron chi connectivity index (χ0n) is 19.0. The first-order valence-corrected chi connectivity index (χ1v) is 10.8. The van der Waals surface area contributed by atoms with E-state index in [0.717, 1.165) is 5.56 Å². The van der Waals surface area contributed by atoms with Gasteiger partial charge < -0.3 is 14.6 Å². The third-order valence-corrected chi connectivity index (χ3v) is 6.26. The Hall–Kier alpha value is -4.04. The van der Waals surface area contributed by atoms with Crippen LogP contribution in [0.1, 0.15) is 17.2 Å². The topological polar surface area (TPSA) is 88.5 Å². The van der Waals surface area contributed by atoms with Gasteiger partial charge in [0.1, 0.15) is 5.92 Å². The summed E-state index contributed by atoms with van der Waals surface area (Å²) in [4.78, 5) is 34.5. The zero-order chi connectivity index (χ0) is 24.0. The molecule has 2 heterocycles. The molecule has 2 aliphatic heterocycles. The van der Waals surface area contributed by atoms with Crippen molar-refractivity contribution >= 4 is 23.2 Å². The number of hydroxylamine groups is 1. The summed E-state index contributed by atoms with van der Waals surface area (Å²) in [5.74, 6) is -1.34. The Morgan fingerprint density at radius 2 is 1.47 bits per heavy atom. The average Bonchev–Trinajstić information content (AvgIpc) is 3.36. The van der Waals surface area contributed by atoms with Crippen LogP contribution in [0.15, 0.2) is 66.7 Å². The number of methoxy groups -OCH3 is 2. The van der Waals surface area contributed by atoms with Crippen molar-refractivity contribution in [1.82, 2.24) is 0 Å². The summed E-state index contributed by atoms with van der Waals surface area (Å²) in [7, 11) is 2.87. The summed E-state index contributed by atoms with van der Waals surface area (Å²) < 4.78 is 10.7. The SMILES string of the molecule is COc1cc([C@@H]2[C@@H]3C(=O)N(c4ccc(C)cc4)C(=O)[C@H]3ON2c2ccccc2)cc(OC)c1O. The highest BCUT2D eigenvalue weighted by Gasteiger charge is 2.60. The molecule has 3 aromatic carbocycles. The lowest BCUT2D eigenvalue weighted by Gasteiger charge is -2.29. The number of hydrogen-bond acceptors (Lipinski definition) is 7. The summed E-state index contributed by atoms with van der Waals surface area (Å²) in [6, 6.07) is 19.1. The van der Waals surface area contributed by atoms with E-state index in [1.165, 1.54) is 19.1 Å². The molecule has 174 valence electrons. The van der Waals surface area contributed by atoms with Gasteiger partial charge in [0.2, 0.25) is 11.7 Å². The van der Waals surface area contributed by atoms with E-state index in [-0.39, 0.29) is 23.2 Å². The van der Waals surface area contributed by atoms with Gasteiger partial charge in [-0.15, -0.1) is 0 Å². The number of fused-ring (bicyclic) bond motifs is 1. The molecule has 2 aliphatic rings. The molecule has 2 saturated heterocycles. The van der Waals surface area contributed by atoms with Crippen LogP contribution in [0, 0.1) is 12.8 Å². The number of amides is 2. The number of aryl methyl sites for hydroxylation is 1. The van der Waals surface area contributed by atoms with Gasteiger partial charge >= 0.3 is 0 Å². The number of para-hydroxylation sites is 1. The number of rotatable bonds is 5. The fourth-order valence-electron chi connectivity index (χ4n) is 4.59. The summed E-state index contributed by atoms with van der Waals surface area (Å²) in [6.45, 7) is 1.94. The summed E-state index contributed by atoms with van der Waals surface area (Å²) in [5, 5.41) is 12.0. The van der Waals surface area contributed by atoms with Gasteiger partial charge in [0.05, 0.1) is 31.6 Å². The Kier molecular flexibility index (Phi) is 5.37. The minimum Gasteiger partial charge on any atom is -0.502 e. The Labute approximate surface area is 196 Å². The molecule has 0 bridgehead atoms. The Morgan fingerprint density at radius 3 is 2.06 bits per heavy atom. The van der Waals surface area contributed by atoms with Crippen LogP contribution in [-0.4, -0.2) is 37.2 Å². The molecule has 8 heteroatoms. The van der Waals surface area contributed by atoms with Gasteiger partial charge in [-0.05, 0) is 48.9 Å². The summed E-state index contributed by atoms with van der Waals surface area (Å²) >= 11 is 0. The van der Waals surface area contributed by atoms with Crippen LogP contribution in [0.5, 0.6) is 17.2 Å². The first-order chi connectivity index (χ1) is 16.4. The normalized spacial score (nSPS) is 21.7. The van der Waals surface area contributed by atoms with E-state index in [1.54, 1.807) is 29.3 Å². The Balaban J connectivity index is 1.63. The van der Waals surface area contributed by atoms with Crippen molar-refractivity contribution < 1.29 is 29.0 Å². The van der Waals surface area contributed by atoms with Crippen molar-refractivity contribution in [2.45, 2.75) is 19.1 Å². The highest BCUT2D eigenvalue weighted by atomic mass is 16.7. The quantitative estimate of drug-likeness (QED) is 0.580. The fourth-order valence-corrected chi connectivity index (χ4v) is 4.59. The Bertz CT molecular complexity index is 1220. The highest BCUT2D eigenvalue weighted by Crippen LogP contribution is 2.50. The maximum Gasteiger partial charge on any atom is 0.266 e. The lowest BCUT2D eigenvalue weighted by molar-refractivity contribution is -0.126. The summed E-state index contributed by atoms with van der Waals surface area (Å²) in [6.07, 6.45) is -0.996. The predicted octanol–water partition coefficient (Wildman–Crippen LogP) is 3.77. The number of aromatic hydroxyl groups is 1. The molecule has 0 spiro atoms. The number of imide groups is 1. The standard InChI is InChI=1S/C26H24N2O6/c1-15-9-11-17(12-10-15)27-25(30)21-22(16-13-19(32-2)23(29)20(14-16)33-3)28(34-24(21)26(27)31)18-7-5-4-6-8-18/h4-14,21-22,24,29H,1-3H3/t21-,22+,24-/m0/s1. The number of ether oxygens (including phenoxy) is 2. The van der Waals surface area contributed by atoms with Crippen molar-refractivity contribution in [3.63, 3.8) is 0 Å². The average molecular weight is 460 g/mol. The molecule has 0 aromatic heterocycles. The second kappa shape index (κ2) is 8.39. The molecular weight excluding hydrogens is 436 g/mol. The molecule has 3 aromatic rings. The number of carbonyl (C=O) groups is 2. The molecule has 8 nitrogen and oxygen atoms in total. The third kappa shape index (κ3) is 3.34. The van der Waals surface area contributed by atoms with Crippen LogP contribution < -0.4 is 19.4 Å². The predicted molar refractivity (Wildman–Crippen MR) is 125 cm³/mol. The number of phenolic OH excluding ortho intramolecular Hbond substituents is 1. The second-order valence-corrected chi connectivity index (χ2v) is 8.28. The van der Waals surface area contributed by atoms with Crippen LogP contribution in [-0.2, 0) is 14.4 Å². The molecule has 0 saturated carbocycles. The number of anilines is 2. The first-order valence-electron chi connectivity index (χ1n) is 10.8. The lowest BCUT2D eigenvalue weighted by Crippen LogP contribution is -2.37. The van der Waals surface area contributed by atoms with Crippen molar-refractivity contribution in [3.8, 4) is 17.2 Å². The maximum atomic E-state index is 13.7. The van der Waals surface area contributed by atoms with E-state index >= 15 is 0 Å². The first kappa shape index (κ1) is 21.8. The van der Waals surface area contributed by atoms with Crippen molar-refractivity contribution in [1.29, 1.82) is 0 Å². The van der Waals surface area contributed by atoms with Gasteiger partial charge in [0.15, 0.2) is 17.6 Å². The van der Waals surface area contributed by atoms with Gasteiger partial charge in [0.25, 0.3) is 5.91 Å². The molecule has 5 rings (SSSR count). The molecule has 2 amide bonds. The van der Waals surface area contributed by atoms with Crippen LogP contribution in [0.2, 0.25) is 0 Å². The van der Waals surface area contributed by atoms with Gasteiger partial charge in [-0.25, -0.2) is 9.96 Å². The van der Waals surface area contributed by atoms with Crippen molar-refractivity contribution in [2.75, 3.05) is 24.2 Å². The van der Waals surface area contributed by atoms with Crippen LogP contribution >= 0.6 is 0 Å². The van der Waals surface area contributed by atoms with Crippen LogP contribution in [0.3, 0.4) is 0 Å². The minimum atomic E-state index is -0.996. The van der Waals surface area contributed by atoms with Gasteiger partial charge in [-0.3, -0.25) is 14.4 Å². The molecule has 34 heavy (non-hydrogen) atoms.